The summed E-state index contributed by atoms with van der Waals surface area (Å²) in [4.78, 5) is 29.1. The second-order valence-corrected chi connectivity index (χ2v) is 12.0. The number of benzene rings is 2. The Kier molecular flexibility index (Phi) is 11.9. The summed E-state index contributed by atoms with van der Waals surface area (Å²) >= 11 is 0. The van der Waals surface area contributed by atoms with E-state index in [1.165, 1.54) is 5.56 Å². The van der Waals surface area contributed by atoms with Crippen molar-refractivity contribution < 1.29 is 24.2 Å². The summed E-state index contributed by atoms with van der Waals surface area (Å²) in [7, 11) is 0. The van der Waals surface area contributed by atoms with Crippen molar-refractivity contribution >= 4 is 29.7 Å². The van der Waals surface area contributed by atoms with E-state index in [4.69, 9.17) is 9.47 Å². The number of aromatic nitrogens is 1. The third-order valence-corrected chi connectivity index (χ3v) is 7.48. The first-order chi connectivity index (χ1) is 20.4. The Balaban J connectivity index is 1.52. The Morgan fingerprint density at radius 1 is 0.953 bits per heavy atom. The van der Waals surface area contributed by atoms with E-state index in [2.05, 4.69) is 22.4 Å². The quantitative estimate of drug-likeness (QED) is 0.174. The number of hydrogen-bond donors (Lipinski definition) is 2. The summed E-state index contributed by atoms with van der Waals surface area (Å²) in [6.45, 7) is 12.3. The van der Waals surface area contributed by atoms with Gasteiger partial charge in [0.25, 0.3) is 0 Å². The number of hydrogen-bond acceptors (Lipinski definition) is 5. The molecule has 0 saturated carbocycles. The molecule has 43 heavy (non-hydrogen) atoms. The van der Waals surface area contributed by atoms with E-state index in [9.17, 15) is 14.7 Å². The molecule has 0 aliphatic heterocycles. The van der Waals surface area contributed by atoms with E-state index in [1.807, 2.05) is 82.3 Å². The maximum Gasteiger partial charge on any atom is 0.310 e. The van der Waals surface area contributed by atoms with Gasteiger partial charge >= 0.3 is 5.97 Å². The number of ether oxygens (including phenoxy) is 2. The maximum absolute atomic E-state index is 12.7. The maximum atomic E-state index is 12.7. The molecule has 0 unspecified atom stereocenters. The standard InChI is InChI=1S/C36H46N2O5/c1-7-36(8-2,34(40)41)25-32(39)37-29-14-11-13-28(24-29)18-21-31-26(3)15-22-33(38-31)42-23-10-9-12-27-16-19-30(20-17-27)43-35(4,5)6/h11,13-22,24H,7-10,12,23,25H2,1-6H3,(H,37,39)(H,40,41). The molecule has 0 saturated heterocycles. The van der Waals surface area contributed by atoms with Crippen LogP contribution in [-0.2, 0) is 16.0 Å². The lowest BCUT2D eigenvalue weighted by molar-refractivity contribution is -0.151. The largest absolute Gasteiger partial charge is 0.488 e. The van der Waals surface area contributed by atoms with Crippen LogP contribution in [0, 0.1) is 12.3 Å². The number of aryl methyl sites for hydroxylation is 2. The van der Waals surface area contributed by atoms with Crippen LogP contribution < -0.4 is 14.8 Å². The van der Waals surface area contributed by atoms with Crippen molar-refractivity contribution in [3.63, 3.8) is 0 Å². The molecule has 1 aromatic heterocycles. The summed E-state index contributed by atoms with van der Waals surface area (Å²) in [6.07, 6.45) is 7.51. The molecule has 0 spiro atoms. The van der Waals surface area contributed by atoms with Crippen LogP contribution >= 0.6 is 0 Å². The zero-order chi connectivity index (χ0) is 31.5. The van der Waals surface area contributed by atoms with Crippen LogP contribution in [0.1, 0.15) is 89.1 Å². The molecule has 1 amide bonds. The Hall–Kier alpha value is -4.13. The van der Waals surface area contributed by atoms with Gasteiger partial charge in [0.15, 0.2) is 0 Å². The van der Waals surface area contributed by atoms with Gasteiger partial charge in [-0.2, -0.15) is 0 Å². The number of anilines is 1. The van der Waals surface area contributed by atoms with Crippen molar-refractivity contribution in [3.05, 3.63) is 83.0 Å². The highest BCUT2D eigenvalue weighted by Crippen LogP contribution is 2.31. The van der Waals surface area contributed by atoms with Gasteiger partial charge in [-0.3, -0.25) is 9.59 Å². The fourth-order valence-electron chi connectivity index (χ4n) is 4.75. The Labute approximate surface area is 256 Å². The first-order valence-electron chi connectivity index (χ1n) is 15.1. The molecule has 1 heterocycles. The smallest absolute Gasteiger partial charge is 0.310 e. The monoisotopic (exact) mass is 586 g/mol. The third-order valence-electron chi connectivity index (χ3n) is 7.48. The van der Waals surface area contributed by atoms with E-state index < -0.39 is 11.4 Å². The van der Waals surface area contributed by atoms with Crippen molar-refractivity contribution in [1.29, 1.82) is 0 Å². The van der Waals surface area contributed by atoms with E-state index in [-0.39, 0.29) is 17.9 Å². The molecule has 2 aromatic carbocycles. The zero-order valence-corrected chi connectivity index (χ0v) is 26.4. The third kappa shape index (κ3) is 10.6. The number of rotatable bonds is 15. The van der Waals surface area contributed by atoms with E-state index in [0.717, 1.165) is 41.8 Å². The Morgan fingerprint density at radius 2 is 1.67 bits per heavy atom. The number of nitrogens with one attached hydrogen (secondary N) is 1. The Morgan fingerprint density at radius 3 is 2.33 bits per heavy atom. The van der Waals surface area contributed by atoms with Gasteiger partial charge in [0.05, 0.1) is 17.7 Å². The number of carbonyl (C=O) groups is 2. The number of carbonyl (C=O) groups excluding carboxylic acids is 1. The van der Waals surface area contributed by atoms with Crippen LogP contribution in [-0.4, -0.2) is 34.2 Å². The normalized spacial score (nSPS) is 11.9. The molecule has 3 rings (SSSR count). The number of nitrogens with zero attached hydrogens (tertiary/aromatic N) is 1. The summed E-state index contributed by atoms with van der Waals surface area (Å²) < 4.78 is 11.8. The average molecular weight is 587 g/mol. The SMILES string of the molecule is CCC(CC)(CC(=O)Nc1cccc(C=Cc2nc(OCCCCc3ccc(OC(C)(C)C)cc3)ccc2C)c1)C(=O)O. The van der Waals surface area contributed by atoms with Crippen LogP contribution in [0.5, 0.6) is 11.6 Å². The van der Waals surface area contributed by atoms with Crippen LogP contribution in [0.25, 0.3) is 12.2 Å². The van der Waals surface area contributed by atoms with Gasteiger partial charge in [-0.05, 0) is 107 Å². The van der Waals surface area contributed by atoms with Crippen molar-refractivity contribution in [2.75, 3.05) is 11.9 Å². The molecule has 0 bridgehead atoms. The van der Waals surface area contributed by atoms with E-state index >= 15 is 0 Å². The molecule has 7 heteroatoms. The molecule has 7 nitrogen and oxygen atoms in total. The first-order valence-corrected chi connectivity index (χ1v) is 15.1. The number of carboxylic acid groups (broad SMARTS) is 1. The van der Waals surface area contributed by atoms with Crippen LogP contribution in [0.4, 0.5) is 5.69 Å². The molecule has 3 aromatic rings. The highest BCUT2D eigenvalue weighted by Gasteiger charge is 2.37. The van der Waals surface area contributed by atoms with E-state index in [1.54, 1.807) is 19.9 Å². The van der Waals surface area contributed by atoms with Gasteiger partial charge in [-0.15, -0.1) is 0 Å². The second kappa shape index (κ2) is 15.4. The molecule has 0 aliphatic rings. The topological polar surface area (TPSA) is 97.8 Å². The zero-order valence-electron chi connectivity index (χ0n) is 26.4. The van der Waals surface area contributed by atoms with Crippen molar-refractivity contribution in [3.8, 4) is 11.6 Å². The predicted molar refractivity (Wildman–Crippen MR) is 173 cm³/mol. The van der Waals surface area contributed by atoms with Crippen molar-refractivity contribution in [2.24, 2.45) is 5.41 Å². The summed E-state index contributed by atoms with van der Waals surface area (Å²) in [6, 6.07) is 19.6. The fourth-order valence-corrected chi connectivity index (χ4v) is 4.75. The summed E-state index contributed by atoms with van der Waals surface area (Å²) in [5, 5.41) is 12.5. The molecular weight excluding hydrogens is 540 g/mol. The molecule has 0 aliphatic carbocycles. The number of unbranched alkanes of at least 4 members (excludes halogenated alkanes) is 1. The molecule has 2 N–H and O–H groups in total. The molecule has 230 valence electrons. The molecule has 0 atom stereocenters. The summed E-state index contributed by atoms with van der Waals surface area (Å²) in [5.41, 5.74) is 3.37. The lowest BCUT2D eigenvalue weighted by Gasteiger charge is -2.25. The van der Waals surface area contributed by atoms with E-state index in [0.29, 0.717) is 31.0 Å². The summed E-state index contributed by atoms with van der Waals surface area (Å²) in [5.74, 6) is 0.228. The minimum Gasteiger partial charge on any atom is -0.488 e. The average Bonchev–Trinajstić information content (AvgIpc) is 2.96. The minimum atomic E-state index is -1.05. The number of pyridine rings is 1. The molecular formula is C36H46N2O5. The number of carboxylic acids is 1. The van der Waals surface area contributed by atoms with Crippen LogP contribution in [0.3, 0.4) is 0 Å². The van der Waals surface area contributed by atoms with Gasteiger partial charge in [0.2, 0.25) is 11.8 Å². The highest BCUT2D eigenvalue weighted by atomic mass is 16.5. The van der Waals surface area contributed by atoms with Crippen LogP contribution in [0.2, 0.25) is 0 Å². The first kappa shape index (κ1) is 33.4. The molecule has 0 radical (unpaired) electrons. The number of amides is 1. The minimum absolute atomic E-state index is 0.0640. The van der Waals surface area contributed by atoms with Gasteiger partial charge in [-0.1, -0.05) is 50.3 Å². The fraction of sp³-hybridized carbons (Fsp3) is 0.417. The van der Waals surface area contributed by atoms with Gasteiger partial charge in [0.1, 0.15) is 11.4 Å². The Bertz CT molecular complexity index is 1390. The van der Waals surface area contributed by atoms with Gasteiger partial charge in [0, 0.05) is 18.2 Å². The van der Waals surface area contributed by atoms with Gasteiger partial charge < -0.3 is 19.9 Å². The number of aliphatic carboxylic acids is 1. The predicted octanol–water partition coefficient (Wildman–Crippen LogP) is 8.36. The molecule has 0 fully saturated rings. The second-order valence-electron chi connectivity index (χ2n) is 12.0. The van der Waals surface area contributed by atoms with Gasteiger partial charge in [-0.25, -0.2) is 4.98 Å². The van der Waals surface area contributed by atoms with Crippen molar-refractivity contribution in [2.45, 2.75) is 85.7 Å². The van der Waals surface area contributed by atoms with Crippen molar-refractivity contribution in [1.82, 2.24) is 4.98 Å². The lowest BCUT2D eigenvalue weighted by atomic mass is 9.79. The van der Waals surface area contributed by atoms with Crippen LogP contribution in [0.15, 0.2) is 60.7 Å². The highest BCUT2D eigenvalue weighted by molar-refractivity contribution is 5.94. The lowest BCUT2D eigenvalue weighted by Crippen LogP contribution is -2.34.